The number of carbonyl (C=O) groups is 1. The molecular formula is C33H54N4O4S. The number of amides is 1. The van der Waals surface area contributed by atoms with Gasteiger partial charge in [0, 0.05) is 35.9 Å². The van der Waals surface area contributed by atoms with Gasteiger partial charge in [-0.1, -0.05) is 57.0 Å². The van der Waals surface area contributed by atoms with Gasteiger partial charge in [-0.3, -0.25) is 18.2 Å². The lowest BCUT2D eigenvalue weighted by Gasteiger charge is -2.47. The Morgan fingerprint density at radius 3 is 2.40 bits per heavy atom. The molecule has 236 valence electrons. The molecule has 42 heavy (non-hydrogen) atoms. The molecule has 0 radical (unpaired) electrons. The third-order valence-corrected chi connectivity index (χ3v) is 9.69. The summed E-state index contributed by atoms with van der Waals surface area (Å²) in [5.74, 6) is 0.671. The van der Waals surface area contributed by atoms with Gasteiger partial charge in [0.15, 0.2) is 0 Å². The van der Waals surface area contributed by atoms with E-state index < -0.39 is 22.9 Å². The van der Waals surface area contributed by atoms with Crippen LogP contribution in [0.5, 0.6) is 0 Å². The SMILES string of the molecule is CC(C)CCCC(C)(C)NC[C@@H](O)[C@H](Cc1ccccc1)NC(=O)c1cc(NC(C)C)cc(N2CCCCS2(O)O)c1. The minimum Gasteiger partial charge on any atom is -0.390 e. The number of carbonyl (C=O) groups excluding carboxylic acids is 1. The summed E-state index contributed by atoms with van der Waals surface area (Å²) < 4.78 is 23.2. The predicted molar refractivity (Wildman–Crippen MR) is 178 cm³/mol. The van der Waals surface area contributed by atoms with E-state index in [1.165, 1.54) is 6.42 Å². The lowest BCUT2D eigenvalue weighted by Crippen LogP contribution is -2.52. The number of hydrogen-bond donors (Lipinski definition) is 6. The number of nitrogens with zero attached hydrogens (tertiary/aromatic N) is 1. The quantitative estimate of drug-likeness (QED) is 0.135. The van der Waals surface area contributed by atoms with Crippen LogP contribution in [0, 0.1) is 5.92 Å². The van der Waals surface area contributed by atoms with Gasteiger partial charge in [0.1, 0.15) is 0 Å². The molecule has 1 amide bonds. The molecule has 2 aromatic carbocycles. The molecule has 0 aliphatic carbocycles. The van der Waals surface area contributed by atoms with E-state index in [2.05, 4.69) is 43.6 Å². The predicted octanol–water partition coefficient (Wildman–Crippen LogP) is 6.67. The van der Waals surface area contributed by atoms with E-state index in [1.54, 1.807) is 16.4 Å². The molecule has 1 saturated heterocycles. The maximum atomic E-state index is 13.8. The number of aliphatic hydroxyl groups is 1. The first kappa shape index (κ1) is 34.2. The van der Waals surface area contributed by atoms with Crippen LogP contribution in [0.1, 0.15) is 89.6 Å². The Morgan fingerprint density at radius 1 is 1.05 bits per heavy atom. The van der Waals surface area contributed by atoms with Crippen LogP contribution in [-0.2, 0) is 6.42 Å². The summed E-state index contributed by atoms with van der Waals surface area (Å²) in [6, 6.07) is 14.9. The molecule has 9 heteroatoms. The van der Waals surface area contributed by atoms with Gasteiger partial charge in [0.25, 0.3) is 5.91 Å². The highest BCUT2D eigenvalue weighted by Gasteiger charge is 2.29. The van der Waals surface area contributed by atoms with E-state index in [4.69, 9.17) is 0 Å². The van der Waals surface area contributed by atoms with Gasteiger partial charge in [-0.2, -0.15) is 0 Å². The fourth-order valence-corrected chi connectivity index (χ4v) is 7.05. The molecule has 0 saturated carbocycles. The van der Waals surface area contributed by atoms with Gasteiger partial charge in [-0.05, 0) is 83.1 Å². The summed E-state index contributed by atoms with van der Waals surface area (Å²) in [6.45, 7) is 13.7. The monoisotopic (exact) mass is 602 g/mol. The Kier molecular flexibility index (Phi) is 12.6. The molecule has 2 atom stereocenters. The molecule has 1 aliphatic rings. The third kappa shape index (κ3) is 10.8. The van der Waals surface area contributed by atoms with Crippen LogP contribution in [0.15, 0.2) is 48.5 Å². The van der Waals surface area contributed by atoms with Crippen LogP contribution >= 0.6 is 10.8 Å². The van der Waals surface area contributed by atoms with Crippen molar-refractivity contribution in [2.45, 2.75) is 104 Å². The van der Waals surface area contributed by atoms with E-state index in [-0.39, 0.29) is 17.5 Å². The van der Waals surface area contributed by atoms with Crippen molar-refractivity contribution < 1.29 is 19.0 Å². The van der Waals surface area contributed by atoms with Crippen molar-refractivity contribution in [3.05, 3.63) is 59.7 Å². The highest BCUT2D eigenvalue weighted by Crippen LogP contribution is 2.50. The average Bonchev–Trinajstić information content (AvgIpc) is 2.90. The molecule has 0 unspecified atom stereocenters. The van der Waals surface area contributed by atoms with E-state index in [0.29, 0.717) is 42.4 Å². The van der Waals surface area contributed by atoms with E-state index in [9.17, 15) is 19.0 Å². The maximum absolute atomic E-state index is 13.8. The fourth-order valence-electron chi connectivity index (χ4n) is 5.38. The Hall–Kier alpha value is -2.30. The number of nitrogens with one attached hydrogen (secondary N) is 3. The van der Waals surface area contributed by atoms with Crippen molar-refractivity contribution in [1.29, 1.82) is 0 Å². The summed E-state index contributed by atoms with van der Waals surface area (Å²) >= 11 is 0. The van der Waals surface area contributed by atoms with Crippen molar-refractivity contribution in [2.75, 3.05) is 28.5 Å². The molecule has 1 heterocycles. The van der Waals surface area contributed by atoms with Crippen molar-refractivity contribution in [3.63, 3.8) is 0 Å². The van der Waals surface area contributed by atoms with E-state index in [0.717, 1.165) is 36.9 Å². The van der Waals surface area contributed by atoms with Gasteiger partial charge >= 0.3 is 0 Å². The summed E-state index contributed by atoms with van der Waals surface area (Å²) in [5, 5.41) is 21.4. The van der Waals surface area contributed by atoms with Crippen molar-refractivity contribution in [3.8, 4) is 0 Å². The summed E-state index contributed by atoms with van der Waals surface area (Å²) in [5.41, 5.74) is 2.63. The molecular weight excluding hydrogens is 548 g/mol. The maximum Gasteiger partial charge on any atom is 0.251 e. The third-order valence-electron chi connectivity index (χ3n) is 7.76. The molecule has 1 aliphatic heterocycles. The highest BCUT2D eigenvalue weighted by atomic mass is 32.3. The normalized spacial score (nSPS) is 17.6. The van der Waals surface area contributed by atoms with Crippen LogP contribution < -0.4 is 20.3 Å². The van der Waals surface area contributed by atoms with E-state index in [1.807, 2.05) is 50.2 Å². The lowest BCUT2D eigenvalue weighted by molar-refractivity contribution is 0.0812. The van der Waals surface area contributed by atoms with Gasteiger partial charge in [-0.25, -0.2) is 0 Å². The zero-order valence-corrected chi connectivity index (χ0v) is 27.2. The van der Waals surface area contributed by atoms with Gasteiger partial charge in [0.2, 0.25) is 0 Å². The standard InChI is InChI=1S/C33H54N4O4S/c1-24(2)13-12-16-33(5,6)34-23-31(38)30(19-26-14-8-7-9-15-26)36-32(39)27-20-28(35-25(3)4)22-29(21-27)37-17-10-11-18-42(37,40)41/h7-9,14-15,20-22,24-25,30-31,34-35,38,40-41H,10-13,16-19,23H2,1-6H3,(H,36,39)/t30-,31+/m0/s1. The minimum atomic E-state index is -2.95. The smallest absolute Gasteiger partial charge is 0.251 e. The number of β-amino-alcohol motifs (C(OH)–C–C–N with tert-alkyl or cyclic N) is 1. The molecule has 1 fully saturated rings. The lowest BCUT2D eigenvalue weighted by atomic mass is 9.93. The zero-order valence-electron chi connectivity index (χ0n) is 26.4. The van der Waals surface area contributed by atoms with Crippen LogP contribution in [0.4, 0.5) is 11.4 Å². The molecule has 3 rings (SSSR count). The van der Waals surface area contributed by atoms with Crippen molar-refractivity contribution >= 4 is 28.1 Å². The number of rotatable bonds is 15. The van der Waals surface area contributed by atoms with Crippen molar-refractivity contribution in [2.24, 2.45) is 5.92 Å². The minimum absolute atomic E-state index is 0.125. The molecule has 6 N–H and O–H groups in total. The van der Waals surface area contributed by atoms with Crippen molar-refractivity contribution in [1.82, 2.24) is 10.6 Å². The average molecular weight is 603 g/mol. The summed E-state index contributed by atoms with van der Waals surface area (Å²) in [4.78, 5) is 13.8. The van der Waals surface area contributed by atoms with Gasteiger partial charge < -0.3 is 21.1 Å². The van der Waals surface area contributed by atoms with E-state index >= 15 is 0 Å². The number of aliphatic hydroxyl groups excluding tert-OH is 1. The topological polar surface area (TPSA) is 117 Å². The number of hydrogen-bond acceptors (Lipinski definition) is 7. The molecule has 8 nitrogen and oxygen atoms in total. The largest absolute Gasteiger partial charge is 0.390 e. The Labute approximate surface area is 255 Å². The first-order valence-electron chi connectivity index (χ1n) is 15.5. The summed E-state index contributed by atoms with van der Waals surface area (Å²) in [6.07, 6.45) is 4.56. The summed E-state index contributed by atoms with van der Waals surface area (Å²) in [7, 11) is -2.95. The second-order valence-corrected chi connectivity index (χ2v) is 15.2. The first-order chi connectivity index (χ1) is 19.8. The van der Waals surface area contributed by atoms with Crippen LogP contribution in [0.3, 0.4) is 0 Å². The fraction of sp³-hybridized carbons (Fsp3) is 0.606. The molecule has 0 spiro atoms. The Morgan fingerprint density at radius 2 is 1.76 bits per heavy atom. The zero-order chi connectivity index (χ0) is 30.9. The molecule has 0 bridgehead atoms. The second kappa shape index (κ2) is 15.4. The Balaban J connectivity index is 1.82. The first-order valence-corrected chi connectivity index (χ1v) is 17.2. The number of benzene rings is 2. The van der Waals surface area contributed by atoms with Crippen LogP contribution in [0.25, 0.3) is 0 Å². The number of anilines is 2. The molecule has 0 aromatic heterocycles. The van der Waals surface area contributed by atoms with Gasteiger partial charge in [0.05, 0.1) is 23.6 Å². The van der Waals surface area contributed by atoms with Gasteiger partial charge in [-0.15, -0.1) is 10.8 Å². The van der Waals surface area contributed by atoms with Crippen LogP contribution in [-0.4, -0.2) is 62.7 Å². The Bertz CT molecular complexity index is 1130. The highest BCUT2D eigenvalue weighted by molar-refractivity contribution is 8.25. The molecule has 2 aromatic rings. The van der Waals surface area contributed by atoms with Crippen LogP contribution in [0.2, 0.25) is 0 Å². The second-order valence-electron chi connectivity index (χ2n) is 13.1.